The Morgan fingerprint density at radius 2 is 1.44 bits per heavy atom. The van der Waals surface area contributed by atoms with Gasteiger partial charge in [0.2, 0.25) is 0 Å². The fourth-order valence-electron chi connectivity index (χ4n) is 2.59. The highest BCUT2D eigenvalue weighted by Gasteiger charge is 2.41. The van der Waals surface area contributed by atoms with Crippen LogP contribution < -0.4 is 17.2 Å². The van der Waals surface area contributed by atoms with E-state index in [4.69, 9.17) is 17.2 Å². The Bertz CT molecular complexity index is 218. The van der Waals surface area contributed by atoms with Gasteiger partial charge in [0.05, 0.1) is 5.66 Å². The molecule has 0 aromatic heterocycles. The minimum Gasteiger partial charge on any atom is -0.328 e. The summed E-state index contributed by atoms with van der Waals surface area (Å²) in [5.74, 6) is 0.402. The fraction of sp³-hybridized carbons (Fsp3) is 1.00. The highest BCUT2D eigenvalue weighted by Crippen LogP contribution is 2.36. The molecule has 0 aromatic rings. The van der Waals surface area contributed by atoms with Crippen LogP contribution >= 0.6 is 0 Å². The van der Waals surface area contributed by atoms with Gasteiger partial charge in [-0.05, 0) is 37.0 Å². The molecular formula is C13H29N3. The molecule has 0 aromatic carbocycles. The molecule has 96 valence electrons. The van der Waals surface area contributed by atoms with Gasteiger partial charge in [-0.1, -0.05) is 33.6 Å². The average Bonchev–Trinajstić information content (AvgIpc) is 2.09. The Morgan fingerprint density at radius 1 is 0.875 bits per heavy atom. The minimum atomic E-state index is -0.579. The van der Waals surface area contributed by atoms with Crippen molar-refractivity contribution in [1.82, 2.24) is 0 Å². The first-order chi connectivity index (χ1) is 7.25. The van der Waals surface area contributed by atoms with Crippen LogP contribution in [-0.2, 0) is 0 Å². The zero-order valence-corrected chi connectivity index (χ0v) is 11.1. The van der Waals surface area contributed by atoms with Gasteiger partial charge in [-0.3, -0.25) is 0 Å². The van der Waals surface area contributed by atoms with Crippen molar-refractivity contribution in [3.63, 3.8) is 0 Å². The number of nitrogens with two attached hydrogens (primary N) is 3. The molecule has 16 heavy (non-hydrogen) atoms. The van der Waals surface area contributed by atoms with Gasteiger partial charge in [0.1, 0.15) is 0 Å². The van der Waals surface area contributed by atoms with E-state index >= 15 is 0 Å². The van der Waals surface area contributed by atoms with Gasteiger partial charge < -0.3 is 17.2 Å². The van der Waals surface area contributed by atoms with Gasteiger partial charge in [0, 0.05) is 6.04 Å². The summed E-state index contributed by atoms with van der Waals surface area (Å²) < 4.78 is 0. The van der Waals surface area contributed by atoms with Gasteiger partial charge in [0.15, 0.2) is 0 Å². The molecule has 3 heteroatoms. The lowest BCUT2D eigenvalue weighted by Gasteiger charge is -2.45. The van der Waals surface area contributed by atoms with E-state index in [1.165, 1.54) is 12.8 Å². The van der Waals surface area contributed by atoms with Gasteiger partial charge in [-0.15, -0.1) is 0 Å². The van der Waals surface area contributed by atoms with E-state index < -0.39 is 5.66 Å². The molecule has 0 bridgehead atoms. The van der Waals surface area contributed by atoms with E-state index in [0.717, 1.165) is 25.7 Å². The van der Waals surface area contributed by atoms with Crippen molar-refractivity contribution in [3.05, 3.63) is 0 Å². The monoisotopic (exact) mass is 227 g/mol. The number of rotatable bonds is 1. The van der Waals surface area contributed by atoms with Crippen LogP contribution in [0.15, 0.2) is 0 Å². The van der Waals surface area contributed by atoms with Gasteiger partial charge in [0.25, 0.3) is 0 Å². The lowest BCUT2D eigenvalue weighted by molar-refractivity contribution is 0.0946. The van der Waals surface area contributed by atoms with Crippen LogP contribution in [0.5, 0.6) is 0 Å². The first kappa shape index (κ1) is 13.9. The summed E-state index contributed by atoms with van der Waals surface area (Å²) in [7, 11) is 0. The van der Waals surface area contributed by atoms with E-state index in [0.29, 0.717) is 12.0 Å². The normalized spacial score (nSPS) is 29.6. The summed E-state index contributed by atoms with van der Waals surface area (Å²) in [6.45, 7) is 6.39. The highest BCUT2D eigenvalue weighted by atomic mass is 15.0. The molecule has 1 fully saturated rings. The Kier molecular flexibility index (Phi) is 4.38. The molecule has 0 heterocycles. The minimum absolute atomic E-state index is 0.0546. The van der Waals surface area contributed by atoms with Gasteiger partial charge in [-0.25, -0.2) is 0 Å². The largest absolute Gasteiger partial charge is 0.328 e. The quantitative estimate of drug-likeness (QED) is 0.599. The van der Waals surface area contributed by atoms with E-state index in [1.54, 1.807) is 0 Å². The lowest BCUT2D eigenvalue weighted by atomic mass is 9.69. The standard InChI is InChI=1S/C13H29N3/c1-12(2,3)13(15,16)10-6-4-5-7-11(14)9-8-10/h10-11H,4-9,14-16H2,1-3H3. The lowest BCUT2D eigenvalue weighted by Crippen LogP contribution is -2.64. The van der Waals surface area contributed by atoms with Crippen molar-refractivity contribution in [2.75, 3.05) is 0 Å². The van der Waals surface area contributed by atoms with Gasteiger partial charge in [-0.2, -0.15) is 0 Å². The first-order valence-electron chi connectivity index (χ1n) is 6.58. The molecule has 1 saturated carbocycles. The molecule has 1 aliphatic rings. The molecular weight excluding hydrogens is 198 g/mol. The molecule has 1 rings (SSSR count). The van der Waals surface area contributed by atoms with Gasteiger partial charge >= 0.3 is 0 Å². The Morgan fingerprint density at radius 3 is 2.00 bits per heavy atom. The van der Waals surface area contributed by atoms with E-state index in [2.05, 4.69) is 20.8 Å². The van der Waals surface area contributed by atoms with Crippen LogP contribution in [-0.4, -0.2) is 11.7 Å². The van der Waals surface area contributed by atoms with Crippen LogP contribution in [0.3, 0.4) is 0 Å². The molecule has 0 aliphatic heterocycles. The maximum Gasteiger partial charge on any atom is 0.0715 e. The smallest absolute Gasteiger partial charge is 0.0715 e. The predicted octanol–water partition coefficient (Wildman–Crippen LogP) is 1.94. The maximum atomic E-state index is 6.37. The van der Waals surface area contributed by atoms with Crippen LogP contribution in [0.1, 0.15) is 59.3 Å². The van der Waals surface area contributed by atoms with Crippen molar-refractivity contribution in [3.8, 4) is 0 Å². The van der Waals surface area contributed by atoms with Crippen molar-refractivity contribution >= 4 is 0 Å². The third-order valence-electron chi connectivity index (χ3n) is 4.24. The molecule has 0 amide bonds. The summed E-state index contributed by atoms with van der Waals surface area (Å²) in [6.07, 6.45) is 6.88. The number of hydrogen-bond donors (Lipinski definition) is 3. The number of hydrogen-bond acceptors (Lipinski definition) is 3. The second kappa shape index (κ2) is 5.03. The SMILES string of the molecule is CC(C)(C)C(N)(N)C1CCCCC(N)CC1. The van der Waals surface area contributed by atoms with Crippen LogP contribution in [0, 0.1) is 11.3 Å². The molecule has 6 N–H and O–H groups in total. The van der Waals surface area contributed by atoms with Crippen LogP contribution in [0.4, 0.5) is 0 Å². The Balaban J connectivity index is 2.69. The summed E-state index contributed by atoms with van der Waals surface area (Å²) in [5, 5.41) is 0. The first-order valence-corrected chi connectivity index (χ1v) is 6.58. The topological polar surface area (TPSA) is 78.1 Å². The summed E-state index contributed by atoms with van der Waals surface area (Å²) in [5.41, 5.74) is 18.1. The fourth-order valence-corrected chi connectivity index (χ4v) is 2.59. The Labute approximate surface area is 100 Å². The van der Waals surface area contributed by atoms with E-state index in [9.17, 15) is 0 Å². The van der Waals surface area contributed by atoms with Crippen LogP contribution in [0.2, 0.25) is 0 Å². The third kappa shape index (κ3) is 3.19. The predicted molar refractivity (Wildman–Crippen MR) is 69.7 cm³/mol. The highest BCUT2D eigenvalue weighted by molar-refractivity contribution is 4.96. The second-order valence-corrected chi connectivity index (χ2v) is 6.50. The molecule has 2 unspecified atom stereocenters. The zero-order chi connectivity index (χ0) is 12.4. The van der Waals surface area contributed by atoms with E-state index in [-0.39, 0.29) is 5.41 Å². The second-order valence-electron chi connectivity index (χ2n) is 6.50. The van der Waals surface area contributed by atoms with Crippen molar-refractivity contribution in [2.24, 2.45) is 28.5 Å². The third-order valence-corrected chi connectivity index (χ3v) is 4.24. The van der Waals surface area contributed by atoms with Crippen LogP contribution in [0.25, 0.3) is 0 Å². The summed E-state index contributed by atoms with van der Waals surface area (Å²) in [4.78, 5) is 0. The molecule has 1 aliphatic carbocycles. The van der Waals surface area contributed by atoms with Crippen molar-refractivity contribution in [2.45, 2.75) is 71.0 Å². The zero-order valence-electron chi connectivity index (χ0n) is 11.1. The molecule has 2 atom stereocenters. The molecule has 3 nitrogen and oxygen atoms in total. The van der Waals surface area contributed by atoms with Crippen molar-refractivity contribution < 1.29 is 0 Å². The Hall–Kier alpha value is -0.120. The maximum absolute atomic E-state index is 6.37. The molecule has 0 saturated heterocycles. The summed E-state index contributed by atoms with van der Waals surface area (Å²) in [6, 6.07) is 0.346. The average molecular weight is 227 g/mol. The van der Waals surface area contributed by atoms with Crippen molar-refractivity contribution in [1.29, 1.82) is 0 Å². The molecule has 0 spiro atoms. The van der Waals surface area contributed by atoms with E-state index in [1.807, 2.05) is 0 Å². The summed E-state index contributed by atoms with van der Waals surface area (Å²) >= 11 is 0. The molecule has 0 radical (unpaired) electrons.